The fraction of sp³-hybridized carbons (Fsp3) is 0.111. The van der Waals surface area contributed by atoms with E-state index in [0.29, 0.717) is 11.3 Å². The lowest BCUT2D eigenvalue weighted by molar-refractivity contribution is -0.384. The monoisotopic (exact) mass is 341 g/mol. The zero-order valence-corrected chi connectivity index (χ0v) is 13.6. The van der Waals surface area contributed by atoms with Crippen LogP contribution in [0.1, 0.15) is 22.8 Å². The van der Waals surface area contributed by atoms with Crippen LogP contribution in [-0.2, 0) is 4.79 Å². The molecule has 0 radical (unpaired) electrons. The van der Waals surface area contributed by atoms with Gasteiger partial charge in [-0.1, -0.05) is 18.2 Å². The highest BCUT2D eigenvalue weighted by Crippen LogP contribution is 2.29. The molecule has 0 saturated heterocycles. The maximum atomic E-state index is 12.2. The first-order valence-electron chi connectivity index (χ1n) is 7.24. The second-order valence-electron chi connectivity index (χ2n) is 5.05. The molecular weight excluding hydrogens is 326 g/mol. The lowest BCUT2D eigenvalue weighted by Crippen LogP contribution is -2.09. The number of rotatable bonds is 6. The predicted octanol–water partition coefficient (Wildman–Crippen LogP) is 3.42. The Morgan fingerprint density at radius 1 is 1.12 bits per heavy atom. The van der Waals surface area contributed by atoms with E-state index in [1.807, 2.05) is 0 Å². The minimum atomic E-state index is -0.742. The van der Waals surface area contributed by atoms with Crippen molar-refractivity contribution in [2.24, 2.45) is 0 Å². The summed E-state index contributed by atoms with van der Waals surface area (Å²) in [6.45, 7) is 1.43. The van der Waals surface area contributed by atoms with E-state index in [0.717, 1.165) is 6.07 Å². The molecule has 128 valence electrons. The summed E-state index contributed by atoms with van der Waals surface area (Å²) in [6.07, 6.45) is 3.01. The van der Waals surface area contributed by atoms with E-state index in [2.05, 4.69) is 0 Å². The lowest BCUT2D eigenvalue weighted by atomic mass is 10.1. The second kappa shape index (κ2) is 7.87. The quantitative estimate of drug-likeness (QED) is 0.263. The molecule has 0 N–H and O–H groups in total. The topological polar surface area (TPSA) is 95.7 Å². The molecule has 7 heteroatoms. The van der Waals surface area contributed by atoms with Gasteiger partial charge in [0.25, 0.3) is 5.69 Å². The number of nitro benzene ring substituents is 1. The first kappa shape index (κ1) is 17.9. The van der Waals surface area contributed by atoms with Gasteiger partial charge in [-0.15, -0.1) is 0 Å². The Kier molecular flexibility index (Phi) is 5.62. The van der Waals surface area contributed by atoms with Crippen LogP contribution in [0.5, 0.6) is 11.5 Å². The molecule has 0 aliphatic carbocycles. The highest BCUT2D eigenvalue weighted by atomic mass is 16.6. The molecule has 0 spiro atoms. The van der Waals surface area contributed by atoms with Crippen LogP contribution in [-0.4, -0.2) is 23.8 Å². The van der Waals surface area contributed by atoms with Crippen LogP contribution >= 0.6 is 0 Å². The minimum absolute atomic E-state index is 0.0526. The molecule has 0 unspecified atom stereocenters. The maximum Gasteiger partial charge on any atom is 0.343 e. The normalized spacial score (nSPS) is 10.5. The number of hydrogen-bond donors (Lipinski definition) is 0. The van der Waals surface area contributed by atoms with Crippen LogP contribution in [0.25, 0.3) is 6.08 Å². The van der Waals surface area contributed by atoms with Crippen molar-refractivity contribution in [3.8, 4) is 11.5 Å². The molecule has 2 aromatic rings. The third kappa shape index (κ3) is 4.74. The van der Waals surface area contributed by atoms with E-state index in [4.69, 9.17) is 9.47 Å². The van der Waals surface area contributed by atoms with E-state index in [-0.39, 0.29) is 22.8 Å². The average Bonchev–Trinajstić information content (AvgIpc) is 2.60. The van der Waals surface area contributed by atoms with E-state index >= 15 is 0 Å². The lowest BCUT2D eigenvalue weighted by Gasteiger charge is -2.10. The molecule has 0 amide bonds. The van der Waals surface area contributed by atoms with Crippen molar-refractivity contribution < 1.29 is 24.0 Å². The number of methoxy groups -OCH3 is 1. The van der Waals surface area contributed by atoms with Gasteiger partial charge in [-0.2, -0.15) is 0 Å². The predicted molar refractivity (Wildman–Crippen MR) is 90.8 cm³/mol. The van der Waals surface area contributed by atoms with Crippen molar-refractivity contribution in [1.29, 1.82) is 0 Å². The summed E-state index contributed by atoms with van der Waals surface area (Å²) < 4.78 is 10.4. The van der Waals surface area contributed by atoms with E-state index in [9.17, 15) is 19.7 Å². The van der Waals surface area contributed by atoms with Crippen LogP contribution in [0.4, 0.5) is 5.69 Å². The van der Waals surface area contributed by atoms with Crippen molar-refractivity contribution in [3.05, 3.63) is 69.8 Å². The van der Waals surface area contributed by atoms with Gasteiger partial charge in [0.2, 0.25) is 0 Å². The Morgan fingerprint density at radius 2 is 1.88 bits per heavy atom. The van der Waals surface area contributed by atoms with Crippen LogP contribution in [0, 0.1) is 10.1 Å². The number of esters is 1. The van der Waals surface area contributed by atoms with Crippen molar-refractivity contribution in [2.75, 3.05) is 7.11 Å². The van der Waals surface area contributed by atoms with Crippen LogP contribution in [0.2, 0.25) is 0 Å². The number of nitrogens with zero attached hydrogens (tertiary/aromatic N) is 1. The maximum absolute atomic E-state index is 12.2. The number of non-ortho nitro benzene ring substituents is 1. The van der Waals surface area contributed by atoms with Crippen LogP contribution in [0.3, 0.4) is 0 Å². The summed E-state index contributed by atoms with van der Waals surface area (Å²) in [6, 6.07) is 10.0. The summed E-state index contributed by atoms with van der Waals surface area (Å²) in [5.41, 5.74) is 0.546. The molecule has 0 saturated carbocycles. The number of ketones is 1. The number of allylic oxidation sites excluding steroid dienone is 1. The van der Waals surface area contributed by atoms with Gasteiger partial charge < -0.3 is 9.47 Å². The van der Waals surface area contributed by atoms with E-state index < -0.39 is 10.9 Å². The molecule has 0 aromatic heterocycles. The van der Waals surface area contributed by atoms with Crippen molar-refractivity contribution in [3.63, 3.8) is 0 Å². The molecule has 7 nitrogen and oxygen atoms in total. The summed E-state index contributed by atoms with van der Waals surface area (Å²) >= 11 is 0. The van der Waals surface area contributed by atoms with Gasteiger partial charge in [-0.25, -0.2) is 4.79 Å². The molecule has 2 aromatic carbocycles. The number of carbonyl (C=O) groups is 2. The number of benzene rings is 2. The van der Waals surface area contributed by atoms with Gasteiger partial charge in [0.05, 0.1) is 17.6 Å². The van der Waals surface area contributed by atoms with Gasteiger partial charge >= 0.3 is 5.97 Å². The van der Waals surface area contributed by atoms with E-state index in [1.165, 1.54) is 44.4 Å². The number of ether oxygens (including phenoxy) is 2. The van der Waals surface area contributed by atoms with Crippen molar-refractivity contribution in [2.45, 2.75) is 6.92 Å². The van der Waals surface area contributed by atoms with Gasteiger partial charge in [0, 0.05) is 12.1 Å². The summed E-state index contributed by atoms with van der Waals surface area (Å²) in [4.78, 5) is 33.4. The SMILES string of the molecule is COc1cc(/C=C\C(C)=O)ccc1OC(=O)c1cccc([N+](=O)[O-])c1. The third-order valence-electron chi connectivity index (χ3n) is 3.19. The van der Waals surface area contributed by atoms with Gasteiger partial charge in [0.1, 0.15) is 0 Å². The largest absolute Gasteiger partial charge is 0.493 e. The number of nitro groups is 1. The molecule has 0 aliphatic rings. The molecule has 25 heavy (non-hydrogen) atoms. The molecular formula is C18H15NO6. The molecule has 0 heterocycles. The zero-order chi connectivity index (χ0) is 18.4. The third-order valence-corrected chi connectivity index (χ3v) is 3.19. The highest BCUT2D eigenvalue weighted by molar-refractivity contribution is 5.92. The number of hydrogen-bond acceptors (Lipinski definition) is 6. The fourth-order valence-electron chi connectivity index (χ4n) is 1.99. The zero-order valence-electron chi connectivity index (χ0n) is 13.6. The average molecular weight is 341 g/mol. The van der Waals surface area contributed by atoms with Crippen LogP contribution in [0.15, 0.2) is 48.5 Å². The Hall–Kier alpha value is -3.48. The second-order valence-corrected chi connectivity index (χ2v) is 5.05. The smallest absolute Gasteiger partial charge is 0.343 e. The van der Waals surface area contributed by atoms with Crippen LogP contribution < -0.4 is 9.47 Å². The summed E-state index contributed by atoms with van der Waals surface area (Å²) in [5, 5.41) is 10.8. The first-order valence-corrected chi connectivity index (χ1v) is 7.24. The fourth-order valence-corrected chi connectivity index (χ4v) is 1.99. The molecule has 0 bridgehead atoms. The minimum Gasteiger partial charge on any atom is -0.493 e. The molecule has 0 atom stereocenters. The Balaban J connectivity index is 2.24. The molecule has 0 fully saturated rings. The van der Waals surface area contributed by atoms with Gasteiger partial charge in [-0.05, 0) is 36.8 Å². The number of carbonyl (C=O) groups excluding carboxylic acids is 2. The summed E-state index contributed by atoms with van der Waals surface area (Å²) in [5.74, 6) is -0.377. The van der Waals surface area contributed by atoms with E-state index in [1.54, 1.807) is 18.2 Å². The standard InChI is InChI=1S/C18H15NO6/c1-12(20)6-7-13-8-9-16(17(10-13)24-2)25-18(21)14-4-3-5-15(11-14)19(22)23/h3-11H,1-2H3/b7-6-. The van der Waals surface area contributed by atoms with Gasteiger partial charge in [-0.3, -0.25) is 14.9 Å². The summed E-state index contributed by atoms with van der Waals surface area (Å²) in [7, 11) is 1.42. The Bertz CT molecular complexity index is 856. The highest BCUT2D eigenvalue weighted by Gasteiger charge is 2.15. The molecule has 2 rings (SSSR count). The van der Waals surface area contributed by atoms with Crippen molar-refractivity contribution in [1.82, 2.24) is 0 Å². The Labute approximate surface area is 143 Å². The van der Waals surface area contributed by atoms with Crippen molar-refractivity contribution >= 4 is 23.5 Å². The molecule has 0 aliphatic heterocycles. The Morgan fingerprint density at radius 3 is 2.52 bits per heavy atom. The van der Waals surface area contributed by atoms with Gasteiger partial charge in [0.15, 0.2) is 17.3 Å². The first-order chi connectivity index (χ1) is 11.9.